The van der Waals surface area contributed by atoms with E-state index in [1.807, 2.05) is 0 Å². The summed E-state index contributed by atoms with van der Waals surface area (Å²) in [6.07, 6.45) is 0. The van der Waals surface area contributed by atoms with Crippen LogP contribution in [-0.2, 0) is 0 Å². The van der Waals surface area contributed by atoms with Gasteiger partial charge in [0.2, 0.25) is 5.82 Å². The van der Waals surface area contributed by atoms with Gasteiger partial charge in [-0.25, -0.2) is 0 Å². The average Bonchev–Trinajstić information content (AvgIpc) is 2.53. The van der Waals surface area contributed by atoms with Gasteiger partial charge in [0.05, 0.1) is 0 Å². The number of phenolic OH excluding ortho intramolecular Hbond substituents is 1. The van der Waals surface area contributed by atoms with E-state index in [1.165, 1.54) is 0 Å². The van der Waals surface area contributed by atoms with E-state index in [1.54, 1.807) is 24.3 Å². The highest BCUT2D eigenvalue weighted by Crippen LogP contribution is 2.19. The monoisotopic (exact) mass is 177 g/mol. The van der Waals surface area contributed by atoms with Crippen LogP contribution in [0.3, 0.4) is 0 Å². The number of nitrogens with two attached hydrogens (primary N) is 1. The summed E-state index contributed by atoms with van der Waals surface area (Å²) in [4.78, 5) is 3.83. The summed E-state index contributed by atoms with van der Waals surface area (Å²) >= 11 is 0. The summed E-state index contributed by atoms with van der Waals surface area (Å²) in [6, 6.07) is 6.48. The average molecular weight is 177 g/mol. The summed E-state index contributed by atoms with van der Waals surface area (Å²) in [7, 11) is 0. The first-order chi connectivity index (χ1) is 6.25. The molecular weight excluding hydrogens is 170 g/mol. The van der Waals surface area contributed by atoms with Crippen LogP contribution in [0.2, 0.25) is 0 Å². The zero-order valence-electron chi connectivity index (χ0n) is 6.64. The highest BCUT2D eigenvalue weighted by atomic mass is 16.5. The summed E-state index contributed by atoms with van der Waals surface area (Å²) < 4.78 is 4.60. The van der Waals surface area contributed by atoms with Gasteiger partial charge >= 0.3 is 6.01 Å². The van der Waals surface area contributed by atoms with Gasteiger partial charge in [0, 0.05) is 5.56 Å². The number of rotatable bonds is 1. The fourth-order valence-corrected chi connectivity index (χ4v) is 0.963. The van der Waals surface area contributed by atoms with Gasteiger partial charge < -0.3 is 15.4 Å². The lowest BCUT2D eigenvalue weighted by Gasteiger charge is -1.93. The molecule has 1 aromatic heterocycles. The Morgan fingerprint density at radius 2 is 1.92 bits per heavy atom. The van der Waals surface area contributed by atoms with Crippen LogP contribution in [0.4, 0.5) is 6.01 Å². The largest absolute Gasteiger partial charge is 0.508 e. The van der Waals surface area contributed by atoms with Gasteiger partial charge in [-0.2, -0.15) is 4.98 Å². The van der Waals surface area contributed by atoms with Crippen LogP contribution < -0.4 is 5.73 Å². The molecule has 0 saturated carbocycles. The minimum absolute atomic E-state index is 0.0306. The summed E-state index contributed by atoms with van der Waals surface area (Å²) in [6.45, 7) is 0. The standard InChI is InChI=1S/C8H7N3O2/c9-8-10-7(11-13-8)5-1-3-6(12)4-2-5/h1-4,12H,(H2,9,10,11). The molecule has 2 aromatic rings. The minimum atomic E-state index is 0.0306. The third-order valence-corrected chi connectivity index (χ3v) is 1.57. The van der Waals surface area contributed by atoms with Crippen LogP contribution in [-0.4, -0.2) is 15.2 Å². The van der Waals surface area contributed by atoms with E-state index in [4.69, 9.17) is 10.8 Å². The molecule has 1 heterocycles. The molecule has 1 aromatic carbocycles. The van der Waals surface area contributed by atoms with Crippen molar-refractivity contribution in [1.82, 2.24) is 10.1 Å². The Hall–Kier alpha value is -2.04. The molecule has 0 atom stereocenters. The molecule has 0 aliphatic carbocycles. The predicted molar refractivity (Wildman–Crippen MR) is 45.8 cm³/mol. The number of nitrogen functional groups attached to an aromatic ring is 1. The molecule has 2 rings (SSSR count). The molecule has 5 heteroatoms. The second-order valence-corrected chi connectivity index (χ2v) is 2.50. The van der Waals surface area contributed by atoms with Crippen molar-refractivity contribution in [2.45, 2.75) is 0 Å². The molecule has 5 nitrogen and oxygen atoms in total. The Morgan fingerprint density at radius 3 is 2.46 bits per heavy atom. The van der Waals surface area contributed by atoms with Crippen LogP contribution >= 0.6 is 0 Å². The first-order valence-corrected chi connectivity index (χ1v) is 3.64. The third-order valence-electron chi connectivity index (χ3n) is 1.57. The van der Waals surface area contributed by atoms with Gasteiger partial charge in [0.1, 0.15) is 5.75 Å². The molecule has 0 fully saturated rings. The smallest absolute Gasteiger partial charge is 0.319 e. The third kappa shape index (κ3) is 1.44. The molecule has 0 amide bonds. The van der Waals surface area contributed by atoms with Crippen molar-refractivity contribution < 1.29 is 9.63 Å². The molecule has 0 radical (unpaired) electrons. The van der Waals surface area contributed by atoms with Crippen LogP contribution in [0.25, 0.3) is 11.4 Å². The van der Waals surface area contributed by atoms with Crippen molar-refractivity contribution in [3.8, 4) is 17.1 Å². The first kappa shape index (κ1) is 7.60. The maximum Gasteiger partial charge on any atom is 0.319 e. The summed E-state index contributed by atoms with van der Waals surface area (Å²) in [5, 5.41) is 12.6. The number of anilines is 1. The summed E-state index contributed by atoms with van der Waals surface area (Å²) in [5.41, 5.74) is 6.00. The second kappa shape index (κ2) is 2.78. The Bertz CT molecular complexity index is 408. The molecule has 0 aliphatic heterocycles. The fourth-order valence-electron chi connectivity index (χ4n) is 0.963. The topological polar surface area (TPSA) is 85.2 Å². The van der Waals surface area contributed by atoms with E-state index in [9.17, 15) is 0 Å². The molecule has 0 saturated heterocycles. The van der Waals surface area contributed by atoms with Gasteiger partial charge in [-0.05, 0) is 24.3 Å². The van der Waals surface area contributed by atoms with Crippen molar-refractivity contribution in [2.75, 3.05) is 5.73 Å². The molecular formula is C8H7N3O2. The van der Waals surface area contributed by atoms with E-state index in [0.717, 1.165) is 5.56 Å². The molecule has 0 unspecified atom stereocenters. The number of hydrogen-bond acceptors (Lipinski definition) is 5. The van der Waals surface area contributed by atoms with Gasteiger partial charge in [-0.1, -0.05) is 5.16 Å². The number of nitrogens with zero attached hydrogens (tertiary/aromatic N) is 2. The second-order valence-electron chi connectivity index (χ2n) is 2.50. The Balaban J connectivity index is 2.41. The summed E-state index contributed by atoms with van der Waals surface area (Å²) in [5.74, 6) is 0.609. The molecule has 0 bridgehead atoms. The normalized spacial score (nSPS) is 10.2. The van der Waals surface area contributed by atoms with Crippen LogP contribution in [0.5, 0.6) is 5.75 Å². The molecule has 0 spiro atoms. The van der Waals surface area contributed by atoms with E-state index in [0.29, 0.717) is 5.82 Å². The lowest BCUT2D eigenvalue weighted by Crippen LogP contribution is -1.83. The lowest BCUT2D eigenvalue weighted by molar-refractivity contribution is 0.437. The molecule has 0 aliphatic rings. The number of hydrogen-bond donors (Lipinski definition) is 2. The van der Waals surface area contributed by atoms with Crippen molar-refractivity contribution in [1.29, 1.82) is 0 Å². The van der Waals surface area contributed by atoms with Crippen molar-refractivity contribution >= 4 is 6.01 Å². The predicted octanol–water partition coefficient (Wildman–Crippen LogP) is 1.02. The van der Waals surface area contributed by atoms with Gasteiger partial charge in [-0.3, -0.25) is 0 Å². The Morgan fingerprint density at radius 1 is 1.23 bits per heavy atom. The maximum atomic E-state index is 9.02. The fraction of sp³-hybridized carbons (Fsp3) is 0. The molecule has 13 heavy (non-hydrogen) atoms. The lowest BCUT2D eigenvalue weighted by atomic mass is 10.2. The van der Waals surface area contributed by atoms with Gasteiger partial charge in [-0.15, -0.1) is 0 Å². The highest BCUT2D eigenvalue weighted by molar-refractivity contribution is 5.56. The van der Waals surface area contributed by atoms with Gasteiger partial charge in [0.15, 0.2) is 0 Å². The quantitative estimate of drug-likeness (QED) is 0.679. The highest BCUT2D eigenvalue weighted by Gasteiger charge is 2.04. The number of aromatic nitrogens is 2. The Labute approximate surface area is 73.8 Å². The van der Waals surface area contributed by atoms with Crippen LogP contribution in [0, 0.1) is 0 Å². The minimum Gasteiger partial charge on any atom is -0.508 e. The molecule has 66 valence electrons. The van der Waals surface area contributed by atoms with Crippen molar-refractivity contribution in [2.24, 2.45) is 0 Å². The first-order valence-electron chi connectivity index (χ1n) is 3.64. The molecule has 3 N–H and O–H groups in total. The van der Waals surface area contributed by atoms with Crippen molar-refractivity contribution in [3.63, 3.8) is 0 Å². The number of aromatic hydroxyl groups is 1. The number of phenols is 1. The van der Waals surface area contributed by atoms with E-state index in [2.05, 4.69) is 14.7 Å². The van der Waals surface area contributed by atoms with E-state index in [-0.39, 0.29) is 11.8 Å². The zero-order valence-corrected chi connectivity index (χ0v) is 6.64. The van der Waals surface area contributed by atoms with Crippen LogP contribution in [0.15, 0.2) is 28.8 Å². The SMILES string of the molecule is Nc1nc(-c2ccc(O)cc2)no1. The Kier molecular flexibility index (Phi) is 1.63. The van der Waals surface area contributed by atoms with E-state index >= 15 is 0 Å². The number of benzene rings is 1. The zero-order chi connectivity index (χ0) is 9.26. The maximum absolute atomic E-state index is 9.02. The van der Waals surface area contributed by atoms with E-state index < -0.39 is 0 Å². The van der Waals surface area contributed by atoms with Gasteiger partial charge in [0.25, 0.3) is 0 Å². The van der Waals surface area contributed by atoms with Crippen molar-refractivity contribution in [3.05, 3.63) is 24.3 Å². The van der Waals surface area contributed by atoms with Crippen LogP contribution in [0.1, 0.15) is 0 Å².